The van der Waals surface area contributed by atoms with E-state index < -0.39 is 0 Å². The van der Waals surface area contributed by atoms with Gasteiger partial charge in [-0.1, -0.05) is 12.1 Å². The van der Waals surface area contributed by atoms with Crippen molar-refractivity contribution in [2.75, 3.05) is 13.1 Å². The molecule has 3 rings (SSSR count). The molecule has 104 valence electrons. The van der Waals surface area contributed by atoms with Crippen LogP contribution in [0.5, 0.6) is 0 Å². The summed E-state index contributed by atoms with van der Waals surface area (Å²) in [6.07, 6.45) is 4.61. The minimum atomic E-state index is -0.0775. The fraction of sp³-hybridized carbons (Fsp3) is 0.400. The highest BCUT2D eigenvalue weighted by Gasteiger charge is 2.48. The van der Waals surface area contributed by atoms with Crippen LogP contribution < -0.4 is 0 Å². The van der Waals surface area contributed by atoms with E-state index >= 15 is 0 Å². The molecule has 5 heteroatoms. The molecule has 2 amide bonds. The molecule has 3 heterocycles. The van der Waals surface area contributed by atoms with E-state index in [-0.39, 0.29) is 23.9 Å². The highest BCUT2D eigenvalue weighted by molar-refractivity contribution is 5.93. The molecule has 0 saturated carbocycles. The van der Waals surface area contributed by atoms with Crippen molar-refractivity contribution in [1.82, 2.24) is 14.8 Å². The minimum absolute atomic E-state index is 0.0167. The zero-order chi connectivity index (χ0) is 14.1. The van der Waals surface area contributed by atoms with Crippen LogP contribution in [0.25, 0.3) is 0 Å². The third kappa shape index (κ3) is 1.99. The molecule has 2 aliphatic rings. The number of nitrogens with zero attached hydrogens (tertiary/aromatic N) is 3. The average molecular weight is 271 g/mol. The number of fused-ring (bicyclic) bond motifs is 1. The Morgan fingerprint density at radius 1 is 1.45 bits per heavy atom. The second-order valence-electron chi connectivity index (χ2n) is 5.18. The quantitative estimate of drug-likeness (QED) is 0.773. The van der Waals surface area contributed by atoms with Crippen LogP contribution in [-0.2, 0) is 4.79 Å². The smallest absolute Gasteiger partial charge is 0.272 e. The number of amides is 2. The van der Waals surface area contributed by atoms with Gasteiger partial charge in [0.1, 0.15) is 5.69 Å². The van der Waals surface area contributed by atoms with Gasteiger partial charge in [-0.2, -0.15) is 0 Å². The first-order valence-corrected chi connectivity index (χ1v) is 6.84. The van der Waals surface area contributed by atoms with Gasteiger partial charge in [0.15, 0.2) is 0 Å². The summed E-state index contributed by atoms with van der Waals surface area (Å²) in [6, 6.07) is 5.42. The molecule has 0 bridgehead atoms. The third-order valence-corrected chi connectivity index (χ3v) is 4.09. The Hall–Kier alpha value is -2.17. The topological polar surface area (TPSA) is 53.5 Å². The van der Waals surface area contributed by atoms with E-state index in [0.29, 0.717) is 25.2 Å². The van der Waals surface area contributed by atoms with E-state index in [9.17, 15) is 9.59 Å². The van der Waals surface area contributed by atoms with E-state index in [0.717, 1.165) is 6.42 Å². The summed E-state index contributed by atoms with van der Waals surface area (Å²) in [6.45, 7) is 4.94. The first kappa shape index (κ1) is 12.8. The molecule has 0 aliphatic carbocycles. The zero-order valence-corrected chi connectivity index (χ0v) is 11.2. The van der Waals surface area contributed by atoms with Gasteiger partial charge in [-0.3, -0.25) is 14.6 Å². The SMILES string of the molecule is C=CCN1C(=O)C[C@H]2[C@H]1CCN2C(=O)c1ccccn1. The molecule has 5 nitrogen and oxygen atoms in total. The lowest BCUT2D eigenvalue weighted by Gasteiger charge is -2.24. The molecule has 0 spiro atoms. The summed E-state index contributed by atoms with van der Waals surface area (Å²) in [7, 11) is 0. The number of likely N-dealkylation sites (tertiary alicyclic amines) is 2. The highest BCUT2D eigenvalue weighted by Crippen LogP contribution is 2.33. The fourth-order valence-electron chi connectivity index (χ4n) is 3.19. The Labute approximate surface area is 117 Å². The summed E-state index contributed by atoms with van der Waals surface area (Å²) in [4.78, 5) is 32.2. The largest absolute Gasteiger partial charge is 0.334 e. The van der Waals surface area contributed by atoms with Crippen molar-refractivity contribution in [3.8, 4) is 0 Å². The van der Waals surface area contributed by atoms with Crippen molar-refractivity contribution in [1.29, 1.82) is 0 Å². The van der Waals surface area contributed by atoms with Gasteiger partial charge in [0.05, 0.1) is 12.1 Å². The van der Waals surface area contributed by atoms with Crippen LogP contribution in [0.15, 0.2) is 37.1 Å². The van der Waals surface area contributed by atoms with Crippen LogP contribution >= 0.6 is 0 Å². The van der Waals surface area contributed by atoms with Crippen LogP contribution in [0.4, 0.5) is 0 Å². The lowest BCUT2D eigenvalue weighted by Crippen LogP contribution is -2.40. The molecular weight excluding hydrogens is 254 g/mol. The van der Waals surface area contributed by atoms with Gasteiger partial charge in [-0.15, -0.1) is 6.58 Å². The normalized spacial score (nSPS) is 24.9. The molecule has 0 unspecified atom stereocenters. The number of carbonyl (C=O) groups is 2. The molecule has 1 aromatic rings. The molecule has 2 aliphatic heterocycles. The van der Waals surface area contributed by atoms with Gasteiger partial charge in [-0.05, 0) is 18.6 Å². The van der Waals surface area contributed by atoms with Crippen molar-refractivity contribution in [3.63, 3.8) is 0 Å². The van der Waals surface area contributed by atoms with Gasteiger partial charge in [0.2, 0.25) is 5.91 Å². The molecule has 2 atom stereocenters. The summed E-state index contributed by atoms with van der Waals surface area (Å²) < 4.78 is 0. The average Bonchev–Trinajstić information content (AvgIpc) is 3.00. The van der Waals surface area contributed by atoms with Crippen LogP contribution in [-0.4, -0.2) is 51.8 Å². The lowest BCUT2D eigenvalue weighted by atomic mass is 10.1. The molecule has 0 aromatic carbocycles. The number of rotatable bonds is 3. The standard InChI is InChI=1S/C15H17N3O2/c1-2-8-17-12-6-9-18(13(12)10-14(17)19)15(20)11-5-3-4-7-16-11/h2-5,7,12-13H,1,6,8-10H2/t12-,13+/m1/s1. The summed E-state index contributed by atoms with van der Waals surface area (Å²) >= 11 is 0. The first-order valence-electron chi connectivity index (χ1n) is 6.84. The zero-order valence-electron chi connectivity index (χ0n) is 11.2. The van der Waals surface area contributed by atoms with Crippen LogP contribution in [0.2, 0.25) is 0 Å². The second-order valence-corrected chi connectivity index (χ2v) is 5.18. The van der Waals surface area contributed by atoms with E-state index in [4.69, 9.17) is 0 Å². The van der Waals surface area contributed by atoms with Crippen molar-refractivity contribution >= 4 is 11.8 Å². The number of hydrogen-bond donors (Lipinski definition) is 0. The molecule has 2 fully saturated rings. The third-order valence-electron chi connectivity index (χ3n) is 4.09. The Kier molecular flexibility index (Phi) is 3.26. The lowest BCUT2D eigenvalue weighted by molar-refractivity contribution is -0.128. The maximum absolute atomic E-state index is 12.5. The van der Waals surface area contributed by atoms with Crippen LogP contribution in [0, 0.1) is 0 Å². The van der Waals surface area contributed by atoms with E-state index in [1.54, 1.807) is 35.4 Å². The Morgan fingerprint density at radius 2 is 2.30 bits per heavy atom. The highest BCUT2D eigenvalue weighted by atomic mass is 16.2. The predicted octanol–water partition coefficient (Wildman–Crippen LogP) is 1.08. The van der Waals surface area contributed by atoms with E-state index in [2.05, 4.69) is 11.6 Å². The van der Waals surface area contributed by atoms with Crippen molar-refractivity contribution < 1.29 is 9.59 Å². The number of hydrogen-bond acceptors (Lipinski definition) is 3. The van der Waals surface area contributed by atoms with Gasteiger partial charge >= 0.3 is 0 Å². The summed E-state index contributed by atoms with van der Waals surface area (Å²) in [5.74, 6) is 0.0322. The Bertz CT molecular complexity index is 543. The first-order chi connectivity index (χ1) is 9.72. The maximum atomic E-state index is 12.5. The molecule has 1 aromatic heterocycles. The Morgan fingerprint density at radius 3 is 3.00 bits per heavy atom. The molecule has 20 heavy (non-hydrogen) atoms. The number of aromatic nitrogens is 1. The fourth-order valence-corrected chi connectivity index (χ4v) is 3.19. The van der Waals surface area contributed by atoms with Crippen molar-refractivity contribution in [2.45, 2.75) is 24.9 Å². The van der Waals surface area contributed by atoms with Gasteiger partial charge < -0.3 is 9.80 Å². The van der Waals surface area contributed by atoms with Gasteiger partial charge in [-0.25, -0.2) is 0 Å². The van der Waals surface area contributed by atoms with Crippen molar-refractivity contribution in [3.05, 3.63) is 42.7 Å². The van der Waals surface area contributed by atoms with E-state index in [1.165, 1.54) is 0 Å². The number of pyridine rings is 1. The summed E-state index contributed by atoms with van der Waals surface area (Å²) in [5, 5.41) is 0. The number of carbonyl (C=O) groups excluding carboxylic acids is 2. The summed E-state index contributed by atoms with van der Waals surface area (Å²) in [5.41, 5.74) is 0.447. The van der Waals surface area contributed by atoms with Gasteiger partial charge in [0, 0.05) is 25.7 Å². The van der Waals surface area contributed by atoms with Crippen LogP contribution in [0.3, 0.4) is 0 Å². The van der Waals surface area contributed by atoms with E-state index in [1.807, 2.05) is 4.90 Å². The molecule has 2 saturated heterocycles. The Balaban J connectivity index is 1.80. The molecule has 0 radical (unpaired) electrons. The van der Waals surface area contributed by atoms with Gasteiger partial charge in [0.25, 0.3) is 5.91 Å². The van der Waals surface area contributed by atoms with Crippen LogP contribution in [0.1, 0.15) is 23.3 Å². The maximum Gasteiger partial charge on any atom is 0.272 e. The van der Waals surface area contributed by atoms with Crippen molar-refractivity contribution in [2.24, 2.45) is 0 Å². The second kappa shape index (κ2) is 5.07. The monoisotopic (exact) mass is 271 g/mol. The predicted molar refractivity (Wildman–Crippen MR) is 74.0 cm³/mol. The molecule has 0 N–H and O–H groups in total. The minimum Gasteiger partial charge on any atom is -0.334 e. The molecular formula is C15H17N3O2.